The highest BCUT2D eigenvalue weighted by Gasteiger charge is 2.48. The molecule has 0 radical (unpaired) electrons. The van der Waals surface area contributed by atoms with Gasteiger partial charge < -0.3 is 15.3 Å². The third kappa shape index (κ3) is 3.23. The Balaban J connectivity index is 2.03. The molecular formula is C21H24N2O3. The van der Waals surface area contributed by atoms with Gasteiger partial charge in [-0.2, -0.15) is 5.48 Å². The Bertz CT molecular complexity index is 778. The first-order valence-electron chi connectivity index (χ1n) is 8.65. The molecule has 1 saturated heterocycles. The third-order valence-electron chi connectivity index (χ3n) is 5.10. The molecule has 5 heteroatoms. The maximum atomic E-state index is 13.0. The lowest BCUT2D eigenvalue weighted by Crippen LogP contribution is -2.60. The topological polar surface area (TPSA) is 70.6 Å². The van der Waals surface area contributed by atoms with Crippen molar-refractivity contribution in [1.29, 1.82) is 0 Å². The summed E-state index contributed by atoms with van der Waals surface area (Å²) < 4.78 is 5.44. The summed E-state index contributed by atoms with van der Waals surface area (Å²) in [6.07, 6.45) is 2.67. The largest absolute Gasteiger partial charge is 0.496 e. The van der Waals surface area contributed by atoms with Gasteiger partial charge in [-0.3, -0.25) is 4.79 Å². The number of nitrogens with one attached hydrogen (secondary N) is 2. The molecule has 26 heavy (non-hydrogen) atoms. The van der Waals surface area contributed by atoms with E-state index < -0.39 is 11.5 Å². The Morgan fingerprint density at radius 2 is 1.96 bits per heavy atom. The van der Waals surface area contributed by atoms with E-state index in [0.29, 0.717) is 18.6 Å². The van der Waals surface area contributed by atoms with Gasteiger partial charge in [0.1, 0.15) is 5.75 Å². The Kier molecular flexibility index (Phi) is 5.40. The van der Waals surface area contributed by atoms with Crippen molar-refractivity contribution >= 4 is 5.91 Å². The second kappa shape index (κ2) is 7.72. The first kappa shape index (κ1) is 18.2. The van der Waals surface area contributed by atoms with E-state index in [0.717, 1.165) is 11.1 Å². The summed E-state index contributed by atoms with van der Waals surface area (Å²) in [5.41, 5.74) is 3.48. The zero-order valence-corrected chi connectivity index (χ0v) is 14.8. The molecule has 1 aliphatic rings. The van der Waals surface area contributed by atoms with Crippen LogP contribution in [0.3, 0.4) is 0 Å². The van der Waals surface area contributed by atoms with Crippen molar-refractivity contribution in [2.45, 2.75) is 30.3 Å². The molecule has 136 valence electrons. The molecule has 1 aliphatic heterocycles. The molecular weight excluding hydrogens is 328 g/mol. The summed E-state index contributed by atoms with van der Waals surface area (Å²) in [6.45, 7) is 3.84. The number of ether oxygens (including phenoxy) is 1. The number of hydrogen-bond donors (Lipinski definition) is 3. The maximum Gasteiger partial charge on any atom is 0.228 e. The lowest BCUT2D eigenvalue weighted by atomic mass is 9.71. The van der Waals surface area contributed by atoms with Crippen LogP contribution >= 0.6 is 0 Å². The van der Waals surface area contributed by atoms with Gasteiger partial charge in [-0.1, -0.05) is 54.6 Å². The number of para-hydroxylation sites is 1. The molecule has 3 unspecified atom stereocenters. The van der Waals surface area contributed by atoms with Crippen LogP contribution in [0.1, 0.15) is 35.9 Å². The van der Waals surface area contributed by atoms with E-state index in [-0.39, 0.29) is 11.9 Å². The highest BCUT2D eigenvalue weighted by atomic mass is 16.5. The second-order valence-electron chi connectivity index (χ2n) is 6.61. The number of carbonyl (C=O) groups excluding carboxylic acids is 1. The molecule has 3 rings (SSSR count). The summed E-state index contributed by atoms with van der Waals surface area (Å²) in [7, 11) is 1.59. The van der Waals surface area contributed by atoms with Gasteiger partial charge in [-0.15, -0.1) is 6.58 Å². The van der Waals surface area contributed by atoms with Crippen LogP contribution in [-0.2, 0) is 4.79 Å². The van der Waals surface area contributed by atoms with E-state index in [1.54, 1.807) is 13.2 Å². The number of methoxy groups -OCH3 is 1. The number of hydrogen-bond acceptors (Lipinski definition) is 4. The average Bonchev–Trinajstić information content (AvgIpc) is 2.70. The molecule has 1 fully saturated rings. The SMILES string of the molecule is C=CCC1(NO)CC(c2ccccc2OC)C(=O)NC1c1ccccc1. The van der Waals surface area contributed by atoms with Crippen LogP contribution in [0.25, 0.3) is 0 Å². The Hall–Kier alpha value is -2.63. The summed E-state index contributed by atoms with van der Waals surface area (Å²) in [4.78, 5) is 13.0. The highest BCUT2D eigenvalue weighted by Crippen LogP contribution is 2.43. The molecule has 1 amide bonds. The molecule has 2 aromatic rings. The second-order valence-corrected chi connectivity index (χ2v) is 6.61. The van der Waals surface area contributed by atoms with E-state index in [9.17, 15) is 10.0 Å². The van der Waals surface area contributed by atoms with Crippen LogP contribution in [0, 0.1) is 0 Å². The molecule has 0 bridgehead atoms. The van der Waals surface area contributed by atoms with Crippen LogP contribution in [0.2, 0.25) is 0 Å². The van der Waals surface area contributed by atoms with Gasteiger partial charge in [-0.05, 0) is 24.5 Å². The van der Waals surface area contributed by atoms with Crippen LogP contribution in [0.5, 0.6) is 5.75 Å². The van der Waals surface area contributed by atoms with E-state index >= 15 is 0 Å². The molecule has 2 aromatic carbocycles. The Morgan fingerprint density at radius 1 is 1.27 bits per heavy atom. The van der Waals surface area contributed by atoms with Gasteiger partial charge in [0.05, 0.1) is 24.6 Å². The number of piperidine rings is 1. The fourth-order valence-corrected chi connectivity index (χ4v) is 3.82. The maximum absolute atomic E-state index is 13.0. The minimum Gasteiger partial charge on any atom is -0.496 e. The normalized spacial score (nSPS) is 25.4. The molecule has 1 heterocycles. The van der Waals surface area contributed by atoms with Gasteiger partial charge in [-0.25, -0.2) is 0 Å². The number of benzene rings is 2. The van der Waals surface area contributed by atoms with Crippen molar-refractivity contribution in [2.24, 2.45) is 0 Å². The predicted octanol–water partition coefficient (Wildman–Crippen LogP) is 3.33. The predicted molar refractivity (Wildman–Crippen MR) is 100 cm³/mol. The summed E-state index contributed by atoms with van der Waals surface area (Å²) >= 11 is 0. The van der Waals surface area contributed by atoms with Crippen molar-refractivity contribution in [2.75, 3.05) is 7.11 Å². The highest BCUT2D eigenvalue weighted by molar-refractivity contribution is 5.86. The molecule has 3 N–H and O–H groups in total. The zero-order chi connectivity index (χ0) is 18.6. The number of amides is 1. The summed E-state index contributed by atoms with van der Waals surface area (Å²) in [6, 6.07) is 16.8. The number of rotatable bonds is 6. The van der Waals surface area contributed by atoms with Crippen molar-refractivity contribution in [3.05, 3.63) is 78.4 Å². The minimum atomic E-state index is -0.761. The molecule has 5 nitrogen and oxygen atoms in total. The van der Waals surface area contributed by atoms with Gasteiger partial charge in [0.15, 0.2) is 0 Å². The van der Waals surface area contributed by atoms with Gasteiger partial charge in [0, 0.05) is 5.56 Å². The summed E-state index contributed by atoms with van der Waals surface area (Å²) in [5.74, 6) is 0.139. The molecule has 0 spiro atoms. The number of hydroxylamine groups is 1. The smallest absolute Gasteiger partial charge is 0.228 e. The van der Waals surface area contributed by atoms with E-state index in [1.165, 1.54) is 0 Å². The lowest BCUT2D eigenvalue weighted by Gasteiger charge is -2.46. The fourth-order valence-electron chi connectivity index (χ4n) is 3.82. The van der Waals surface area contributed by atoms with Crippen molar-refractivity contribution < 1.29 is 14.7 Å². The molecule has 0 aliphatic carbocycles. The standard InChI is InChI=1S/C21H24N2O3/c1-3-13-21(23-25)14-17(16-11-7-8-12-18(16)26-2)20(24)22-19(21)15-9-5-4-6-10-15/h3-12,17,19,23,25H,1,13-14H2,2H3,(H,22,24). The van der Waals surface area contributed by atoms with E-state index in [1.807, 2.05) is 54.6 Å². The van der Waals surface area contributed by atoms with Gasteiger partial charge in [0.2, 0.25) is 5.91 Å². The Morgan fingerprint density at radius 3 is 2.62 bits per heavy atom. The van der Waals surface area contributed by atoms with Gasteiger partial charge in [0.25, 0.3) is 0 Å². The van der Waals surface area contributed by atoms with Crippen molar-refractivity contribution in [3.8, 4) is 5.75 Å². The van der Waals surface area contributed by atoms with Crippen LogP contribution in [-0.4, -0.2) is 23.8 Å². The lowest BCUT2D eigenvalue weighted by molar-refractivity contribution is -0.129. The van der Waals surface area contributed by atoms with Crippen molar-refractivity contribution in [1.82, 2.24) is 10.8 Å². The summed E-state index contributed by atoms with van der Waals surface area (Å²) in [5, 5.41) is 13.2. The number of carbonyl (C=O) groups is 1. The monoisotopic (exact) mass is 352 g/mol. The first-order valence-corrected chi connectivity index (χ1v) is 8.65. The van der Waals surface area contributed by atoms with Crippen LogP contribution < -0.4 is 15.5 Å². The van der Waals surface area contributed by atoms with Crippen LogP contribution in [0.15, 0.2) is 67.3 Å². The molecule has 0 aromatic heterocycles. The quantitative estimate of drug-likeness (QED) is 0.551. The van der Waals surface area contributed by atoms with Crippen molar-refractivity contribution in [3.63, 3.8) is 0 Å². The zero-order valence-electron chi connectivity index (χ0n) is 14.8. The average molecular weight is 352 g/mol. The Labute approximate surface area is 153 Å². The van der Waals surface area contributed by atoms with Crippen LogP contribution in [0.4, 0.5) is 0 Å². The van der Waals surface area contributed by atoms with E-state index in [4.69, 9.17) is 4.74 Å². The minimum absolute atomic E-state index is 0.0849. The van der Waals surface area contributed by atoms with E-state index in [2.05, 4.69) is 17.4 Å². The fraction of sp³-hybridized carbons (Fsp3) is 0.286. The molecule has 3 atom stereocenters. The van der Waals surface area contributed by atoms with Gasteiger partial charge >= 0.3 is 0 Å². The third-order valence-corrected chi connectivity index (χ3v) is 5.10. The molecule has 0 saturated carbocycles. The first-order chi connectivity index (χ1) is 12.6.